The minimum atomic E-state index is -0.294. The molecule has 0 fully saturated rings. The van der Waals surface area contributed by atoms with Crippen LogP contribution in [0.3, 0.4) is 0 Å². The number of carbonyl (C=O) groups is 1. The highest BCUT2D eigenvalue weighted by atomic mass is 32.1. The molecule has 0 atom stereocenters. The zero-order chi connectivity index (χ0) is 19.6. The first kappa shape index (κ1) is 20.7. The van der Waals surface area contributed by atoms with E-state index in [1.54, 1.807) is 18.2 Å². The number of amides is 1. The Balaban J connectivity index is 1.93. The van der Waals surface area contributed by atoms with Crippen molar-refractivity contribution in [1.82, 2.24) is 5.32 Å². The number of anilines is 1. The normalized spacial score (nSPS) is 10.4. The average Bonchev–Trinajstić information content (AvgIpc) is 2.62. The third-order valence-corrected chi connectivity index (χ3v) is 3.76. The monoisotopic (exact) mass is 386 g/mol. The fraction of sp³-hybridized carbons (Fsp3) is 0.333. The molecule has 1 amide bonds. The SMILES string of the molecule is CCCCOc1cccc(NC(=S)NC(=O)c2cccc(OC(C)C)c2)c1. The maximum Gasteiger partial charge on any atom is 0.257 e. The molecule has 0 saturated heterocycles. The van der Waals surface area contributed by atoms with Gasteiger partial charge < -0.3 is 14.8 Å². The van der Waals surface area contributed by atoms with Crippen LogP contribution in [0.2, 0.25) is 0 Å². The molecular formula is C21H26N2O3S. The Morgan fingerprint density at radius 1 is 1.11 bits per heavy atom. The first-order valence-corrected chi connectivity index (χ1v) is 9.50. The van der Waals surface area contributed by atoms with Crippen molar-refractivity contribution in [2.24, 2.45) is 0 Å². The Bertz CT molecular complexity index is 778. The van der Waals surface area contributed by atoms with Gasteiger partial charge in [-0.2, -0.15) is 0 Å². The van der Waals surface area contributed by atoms with E-state index in [1.807, 2.05) is 44.2 Å². The van der Waals surface area contributed by atoms with Gasteiger partial charge in [0.05, 0.1) is 12.7 Å². The number of hydrogen-bond acceptors (Lipinski definition) is 4. The molecule has 5 nitrogen and oxygen atoms in total. The lowest BCUT2D eigenvalue weighted by Crippen LogP contribution is -2.34. The van der Waals surface area contributed by atoms with E-state index in [0.29, 0.717) is 17.9 Å². The second kappa shape index (κ2) is 10.5. The molecule has 0 unspecified atom stereocenters. The summed E-state index contributed by atoms with van der Waals surface area (Å²) in [6.07, 6.45) is 2.13. The maximum atomic E-state index is 12.4. The van der Waals surface area contributed by atoms with Crippen LogP contribution in [-0.2, 0) is 0 Å². The van der Waals surface area contributed by atoms with E-state index in [2.05, 4.69) is 17.6 Å². The van der Waals surface area contributed by atoms with E-state index < -0.39 is 0 Å². The summed E-state index contributed by atoms with van der Waals surface area (Å²) in [7, 11) is 0. The summed E-state index contributed by atoms with van der Waals surface area (Å²) in [5.41, 5.74) is 1.24. The number of unbranched alkanes of at least 4 members (excludes halogenated alkanes) is 1. The van der Waals surface area contributed by atoms with Crippen molar-refractivity contribution in [1.29, 1.82) is 0 Å². The average molecular weight is 387 g/mol. The van der Waals surface area contributed by atoms with Gasteiger partial charge in [-0.1, -0.05) is 25.5 Å². The molecule has 0 aliphatic rings. The van der Waals surface area contributed by atoms with Crippen LogP contribution in [0.15, 0.2) is 48.5 Å². The van der Waals surface area contributed by atoms with Crippen molar-refractivity contribution < 1.29 is 14.3 Å². The number of thiocarbonyl (C=S) groups is 1. The van der Waals surface area contributed by atoms with Gasteiger partial charge in [0.25, 0.3) is 5.91 Å². The third-order valence-electron chi connectivity index (χ3n) is 3.55. The Labute approximate surface area is 166 Å². The smallest absolute Gasteiger partial charge is 0.257 e. The van der Waals surface area contributed by atoms with Crippen molar-refractivity contribution in [3.05, 3.63) is 54.1 Å². The van der Waals surface area contributed by atoms with Crippen molar-refractivity contribution >= 4 is 28.9 Å². The molecule has 0 spiro atoms. The van der Waals surface area contributed by atoms with E-state index in [4.69, 9.17) is 21.7 Å². The Morgan fingerprint density at radius 2 is 1.85 bits per heavy atom. The van der Waals surface area contributed by atoms with Gasteiger partial charge in [0.2, 0.25) is 0 Å². The van der Waals surface area contributed by atoms with Crippen LogP contribution < -0.4 is 20.1 Å². The number of benzene rings is 2. The van der Waals surface area contributed by atoms with Gasteiger partial charge in [0.1, 0.15) is 11.5 Å². The Kier molecular flexibility index (Phi) is 8.07. The van der Waals surface area contributed by atoms with Crippen molar-refractivity contribution in [2.75, 3.05) is 11.9 Å². The van der Waals surface area contributed by atoms with Crippen LogP contribution in [-0.4, -0.2) is 23.7 Å². The Morgan fingerprint density at radius 3 is 2.59 bits per heavy atom. The zero-order valence-corrected chi connectivity index (χ0v) is 16.8. The van der Waals surface area contributed by atoms with E-state index in [9.17, 15) is 4.79 Å². The maximum absolute atomic E-state index is 12.4. The van der Waals surface area contributed by atoms with Gasteiger partial charge in [0, 0.05) is 17.3 Å². The fourth-order valence-corrected chi connectivity index (χ4v) is 2.53. The van der Waals surface area contributed by atoms with Crippen LogP contribution in [0, 0.1) is 0 Å². The number of ether oxygens (including phenoxy) is 2. The Hall–Kier alpha value is -2.60. The van der Waals surface area contributed by atoms with Gasteiger partial charge in [-0.3, -0.25) is 10.1 Å². The van der Waals surface area contributed by atoms with Gasteiger partial charge in [-0.25, -0.2) is 0 Å². The summed E-state index contributed by atoms with van der Waals surface area (Å²) < 4.78 is 11.3. The molecule has 2 rings (SSSR count). The first-order chi connectivity index (χ1) is 13.0. The van der Waals surface area contributed by atoms with Gasteiger partial charge in [-0.15, -0.1) is 0 Å². The standard InChI is InChI=1S/C21H26N2O3S/c1-4-5-12-25-18-10-7-9-17(14-18)22-21(27)23-20(24)16-8-6-11-19(13-16)26-15(2)3/h6-11,13-15H,4-5,12H2,1-3H3,(H2,22,23,24,27). The molecule has 0 radical (unpaired) electrons. The summed E-state index contributed by atoms with van der Waals surface area (Å²) in [5.74, 6) is 1.12. The molecule has 0 heterocycles. The summed E-state index contributed by atoms with van der Waals surface area (Å²) >= 11 is 5.25. The lowest BCUT2D eigenvalue weighted by molar-refractivity contribution is 0.0977. The van der Waals surface area contributed by atoms with E-state index in [1.165, 1.54) is 0 Å². The highest BCUT2D eigenvalue weighted by molar-refractivity contribution is 7.80. The minimum Gasteiger partial charge on any atom is -0.494 e. The predicted molar refractivity (Wildman–Crippen MR) is 113 cm³/mol. The van der Waals surface area contributed by atoms with Gasteiger partial charge in [0.15, 0.2) is 5.11 Å². The fourth-order valence-electron chi connectivity index (χ4n) is 2.32. The number of rotatable bonds is 8. The number of hydrogen-bond donors (Lipinski definition) is 2. The predicted octanol–water partition coefficient (Wildman–Crippen LogP) is 4.78. The van der Waals surface area contributed by atoms with Crippen LogP contribution in [0.1, 0.15) is 44.0 Å². The second-order valence-corrected chi connectivity index (χ2v) is 6.74. The second-order valence-electron chi connectivity index (χ2n) is 6.33. The first-order valence-electron chi connectivity index (χ1n) is 9.10. The van der Waals surface area contributed by atoms with Gasteiger partial charge in [-0.05, 0) is 62.8 Å². The van der Waals surface area contributed by atoms with Crippen LogP contribution in [0.25, 0.3) is 0 Å². The van der Waals surface area contributed by atoms with E-state index >= 15 is 0 Å². The molecule has 2 aromatic carbocycles. The zero-order valence-electron chi connectivity index (χ0n) is 16.0. The van der Waals surface area contributed by atoms with Gasteiger partial charge >= 0.3 is 0 Å². The summed E-state index contributed by atoms with van der Waals surface area (Å²) in [5, 5.41) is 5.91. The topological polar surface area (TPSA) is 59.6 Å². The van der Waals surface area contributed by atoms with Crippen molar-refractivity contribution in [2.45, 2.75) is 39.7 Å². The molecule has 0 bridgehead atoms. The molecular weight excluding hydrogens is 360 g/mol. The lowest BCUT2D eigenvalue weighted by atomic mass is 10.2. The lowest BCUT2D eigenvalue weighted by Gasteiger charge is -2.13. The molecule has 0 saturated carbocycles. The molecule has 2 aromatic rings. The molecule has 0 aliphatic heterocycles. The number of nitrogens with one attached hydrogen (secondary N) is 2. The van der Waals surface area contributed by atoms with Crippen LogP contribution in [0.5, 0.6) is 11.5 Å². The molecule has 0 aliphatic carbocycles. The summed E-state index contributed by atoms with van der Waals surface area (Å²) in [6, 6.07) is 14.5. The highest BCUT2D eigenvalue weighted by Gasteiger charge is 2.10. The summed E-state index contributed by atoms with van der Waals surface area (Å²) in [6.45, 7) is 6.67. The summed E-state index contributed by atoms with van der Waals surface area (Å²) in [4.78, 5) is 12.4. The van der Waals surface area contributed by atoms with Crippen LogP contribution >= 0.6 is 12.2 Å². The largest absolute Gasteiger partial charge is 0.494 e. The molecule has 6 heteroatoms. The van der Waals surface area contributed by atoms with Crippen molar-refractivity contribution in [3.63, 3.8) is 0 Å². The number of carbonyl (C=O) groups excluding carboxylic acids is 1. The highest BCUT2D eigenvalue weighted by Crippen LogP contribution is 2.18. The molecule has 144 valence electrons. The minimum absolute atomic E-state index is 0.0397. The quantitative estimate of drug-likeness (QED) is 0.505. The van der Waals surface area contributed by atoms with E-state index in [-0.39, 0.29) is 17.1 Å². The van der Waals surface area contributed by atoms with Crippen LogP contribution in [0.4, 0.5) is 5.69 Å². The third kappa shape index (κ3) is 7.27. The molecule has 0 aromatic heterocycles. The van der Waals surface area contributed by atoms with Crippen molar-refractivity contribution in [3.8, 4) is 11.5 Å². The van der Waals surface area contributed by atoms with E-state index in [0.717, 1.165) is 24.3 Å². The molecule has 27 heavy (non-hydrogen) atoms. The molecule has 2 N–H and O–H groups in total.